The zero-order valence-electron chi connectivity index (χ0n) is 14.1. The van der Waals surface area contributed by atoms with E-state index in [0.717, 1.165) is 23.7 Å². The van der Waals surface area contributed by atoms with E-state index >= 15 is 0 Å². The Morgan fingerprint density at radius 3 is 2.05 bits per heavy atom. The van der Waals surface area contributed by atoms with Gasteiger partial charge >= 0.3 is 0 Å². The van der Waals surface area contributed by atoms with Crippen LogP contribution in [0, 0.1) is 5.92 Å². The van der Waals surface area contributed by atoms with Gasteiger partial charge in [0.1, 0.15) is 0 Å². The van der Waals surface area contributed by atoms with Crippen molar-refractivity contribution in [2.45, 2.75) is 59.8 Å². The third-order valence-corrected chi connectivity index (χ3v) is 3.07. The van der Waals surface area contributed by atoms with Crippen LogP contribution in [0.5, 0.6) is 11.5 Å². The first-order chi connectivity index (χ1) is 9.79. The van der Waals surface area contributed by atoms with E-state index in [1.165, 1.54) is 0 Å². The lowest BCUT2D eigenvalue weighted by Gasteiger charge is -2.20. The van der Waals surface area contributed by atoms with Gasteiger partial charge in [0.25, 0.3) is 0 Å². The molecule has 21 heavy (non-hydrogen) atoms. The van der Waals surface area contributed by atoms with Crippen molar-refractivity contribution >= 4 is 5.69 Å². The number of hydrogen-bond acceptors (Lipinski definition) is 4. The maximum absolute atomic E-state index is 6.06. The lowest BCUT2D eigenvalue weighted by atomic mass is 10.1. The van der Waals surface area contributed by atoms with Gasteiger partial charge in [0.15, 0.2) is 11.5 Å². The highest BCUT2D eigenvalue weighted by atomic mass is 16.5. The number of nitrogens with one attached hydrogen (secondary N) is 1. The lowest BCUT2D eigenvalue weighted by molar-refractivity contribution is 0.199. The van der Waals surface area contributed by atoms with Crippen LogP contribution in [0.3, 0.4) is 0 Å². The van der Waals surface area contributed by atoms with Crippen LogP contribution in [0.4, 0.5) is 5.69 Å². The van der Waals surface area contributed by atoms with E-state index < -0.39 is 0 Å². The topological polar surface area (TPSA) is 56.5 Å². The molecule has 0 spiro atoms. The Hall–Kier alpha value is -1.42. The number of rotatable bonds is 8. The summed E-state index contributed by atoms with van der Waals surface area (Å²) in [4.78, 5) is 0. The summed E-state index contributed by atoms with van der Waals surface area (Å²) in [5, 5.41) is 3.36. The maximum Gasteiger partial charge on any atom is 0.163 e. The molecule has 0 aliphatic carbocycles. The van der Waals surface area contributed by atoms with E-state index in [4.69, 9.17) is 15.2 Å². The fourth-order valence-electron chi connectivity index (χ4n) is 1.79. The molecule has 0 saturated carbocycles. The van der Waals surface area contributed by atoms with Crippen molar-refractivity contribution in [3.63, 3.8) is 0 Å². The molecule has 1 aromatic rings. The van der Waals surface area contributed by atoms with Crippen LogP contribution in [-0.4, -0.2) is 24.8 Å². The van der Waals surface area contributed by atoms with E-state index in [1.54, 1.807) is 0 Å². The molecule has 0 bridgehead atoms. The standard InChI is InChI=1S/C17H30N2O2/c1-11(2)15(18)10-19-14-7-8-16(20-12(3)4)17(9-14)21-13(5)6/h7-9,11-13,15,19H,10,18H2,1-6H3. The monoisotopic (exact) mass is 294 g/mol. The van der Waals surface area contributed by atoms with Crippen LogP contribution >= 0.6 is 0 Å². The minimum atomic E-state index is 0.104. The highest BCUT2D eigenvalue weighted by molar-refractivity contribution is 5.55. The molecule has 1 aromatic carbocycles. The third-order valence-electron chi connectivity index (χ3n) is 3.07. The van der Waals surface area contributed by atoms with Crippen LogP contribution in [0.25, 0.3) is 0 Å². The first-order valence-corrected chi connectivity index (χ1v) is 7.76. The maximum atomic E-state index is 6.06. The zero-order valence-corrected chi connectivity index (χ0v) is 14.1. The Kier molecular flexibility index (Phi) is 6.82. The van der Waals surface area contributed by atoms with Crippen molar-refractivity contribution in [1.82, 2.24) is 0 Å². The quantitative estimate of drug-likeness (QED) is 0.768. The number of ether oxygens (including phenoxy) is 2. The van der Waals surface area contributed by atoms with E-state index in [9.17, 15) is 0 Å². The lowest BCUT2D eigenvalue weighted by Crippen LogP contribution is -2.33. The average Bonchev–Trinajstić information content (AvgIpc) is 2.37. The molecule has 4 heteroatoms. The van der Waals surface area contributed by atoms with Gasteiger partial charge in [0.2, 0.25) is 0 Å². The first-order valence-electron chi connectivity index (χ1n) is 7.76. The molecular formula is C17H30N2O2. The molecule has 0 fully saturated rings. The first kappa shape index (κ1) is 17.6. The number of hydrogen-bond donors (Lipinski definition) is 2. The Labute approximate surface area is 129 Å². The summed E-state index contributed by atoms with van der Waals surface area (Å²) in [6.45, 7) is 13.0. The van der Waals surface area contributed by atoms with Crippen molar-refractivity contribution in [3.8, 4) is 11.5 Å². The van der Waals surface area contributed by atoms with Gasteiger partial charge in [-0.15, -0.1) is 0 Å². The molecule has 0 aromatic heterocycles. The summed E-state index contributed by atoms with van der Waals surface area (Å²) in [6.07, 6.45) is 0.223. The van der Waals surface area contributed by atoms with Crippen LogP contribution in [0.1, 0.15) is 41.5 Å². The molecule has 0 saturated heterocycles. The van der Waals surface area contributed by atoms with Gasteiger partial charge in [-0.05, 0) is 45.7 Å². The SMILES string of the molecule is CC(C)Oc1ccc(NCC(N)C(C)C)cc1OC(C)C. The highest BCUT2D eigenvalue weighted by Gasteiger charge is 2.11. The molecule has 3 N–H and O–H groups in total. The van der Waals surface area contributed by atoms with E-state index in [1.807, 2.05) is 45.9 Å². The van der Waals surface area contributed by atoms with Crippen molar-refractivity contribution in [1.29, 1.82) is 0 Å². The summed E-state index contributed by atoms with van der Waals surface area (Å²) >= 11 is 0. The van der Waals surface area contributed by atoms with Crippen molar-refractivity contribution < 1.29 is 9.47 Å². The van der Waals surface area contributed by atoms with Gasteiger partial charge < -0.3 is 20.5 Å². The largest absolute Gasteiger partial charge is 0.487 e. The number of nitrogens with two attached hydrogens (primary N) is 1. The Bertz CT molecular complexity index is 431. The van der Waals surface area contributed by atoms with Gasteiger partial charge in [-0.1, -0.05) is 13.8 Å². The molecule has 0 aliphatic heterocycles. The summed E-state index contributed by atoms with van der Waals surface area (Å²) in [6, 6.07) is 6.05. The average molecular weight is 294 g/mol. The van der Waals surface area contributed by atoms with E-state index in [-0.39, 0.29) is 18.2 Å². The van der Waals surface area contributed by atoms with E-state index in [2.05, 4.69) is 19.2 Å². The van der Waals surface area contributed by atoms with Crippen molar-refractivity contribution in [2.24, 2.45) is 11.7 Å². The van der Waals surface area contributed by atoms with Crippen LogP contribution in [0.15, 0.2) is 18.2 Å². The zero-order chi connectivity index (χ0) is 16.0. The third kappa shape index (κ3) is 6.25. The molecule has 0 aliphatic rings. The van der Waals surface area contributed by atoms with Crippen LogP contribution < -0.4 is 20.5 Å². The second-order valence-corrected chi connectivity index (χ2v) is 6.28. The molecule has 1 atom stereocenters. The van der Waals surface area contributed by atoms with Gasteiger partial charge in [-0.3, -0.25) is 0 Å². The highest BCUT2D eigenvalue weighted by Crippen LogP contribution is 2.32. The smallest absolute Gasteiger partial charge is 0.163 e. The molecule has 1 rings (SSSR count). The van der Waals surface area contributed by atoms with Crippen LogP contribution in [-0.2, 0) is 0 Å². The summed E-state index contributed by atoms with van der Waals surface area (Å²) < 4.78 is 11.6. The molecule has 1 unspecified atom stereocenters. The second kappa shape index (κ2) is 8.13. The summed E-state index contributed by atoms with van der Waals surface area (Å²) in [7, 11) is 0. The Morgan fingerprint density at radius 1 is 0.952 bits per heavy atom. The Morgan fingerprint density at radius 2 is 1.52 bits per heavy atom. The van der Waals surface area contributed by atoms with Crippen LogP contribution in [0.2, 0.25) is 0 Å². The minimum Gasteiger partial charge on any atom is -0.487 e. The second-order valence-electron chi connectivity index (χ2n) is 6.28. The molecule has 0 radical (unpaired) electrons. The number of anilines is 1. The van der Waals surface area contributed by atoms with Gasteiger partial charge in [-0.25, -0.2) is 0 Å². The fraction of sp³-hybridized carbons (Fsp3) is 0.647. The minimum absolute atomic E-state index is 0.104. The molecule has 0 amide bonds. The molecule has 0 heterocycles. The van der Waals surface area contributed by atoms with Gasteiger partial charge in [0.05, 0.1) is 12.2 Å². The van der Waals surface area contributed by atoms with Crippen molar-refractivity contribution in [2.75, 3.05) is 11.9 Å². The normalized spacial score (nSPS) is 12.9. The summed E-state index contributed by atoms with van der Waals surface area (Å²) in [5.74, 6) is 1.99. The Balaban J connectivity index is 2.82. The van der Waals surface area contributed by atoms with E-state index in [0.29, 0.717) is 5.92 Å². The van der Waals surface area contributed by atoms with Gasteiger partial charge in [0, 0.05) is 24.3 Å². The van der Waals surface area contributed by atoms with Crippen molar-refractivity contribution in [3.05, 3.63) is 18.2 Å². The fourth-order valence-corrected chi connectivity index (χ4v) is 1.79. The summed E-state index contributed by atoms with van der Waals surface area (Å²) in [5.41, 5.74) is 7.06. The number of benzene rings is 1. The molecule has 120 valence electrons. The van der Waals surface area contributed by atoms with Gasteiger partial charge in [-0.2, -0.15) is 0 Å². The predicted molar refractivity (Wildman–Crippen MR) is 89.3 cm³/mol. The predicted octanol–water partition coefficient (Wildman–Crippen LogP) is 3.66. The molecular weight excluding hydrogens is 264 g/mol. The molecule has 4 nitrogen and oxygen atoms in total.